The number of hydrogen-bond acceptors (Lipinski definition) is 2. The van der Waals surface area contributed by atoms with Crippen molar-refractivity contribution in [3.05, 3.63) is 29.3 Å². The molecule has 0 heterocycles. The fourth-order valence-corrected chi connectivity index (χ4v) is 3.53. The van der Waals surface area contributed by atoms with Crippen LogP contribution in [-0.4, -0.2) is 13.2 Å². The molecule has 104 valence electrons. The van der Waals surface area contributed by atoms with Crippen molar-refractivity contribution in [3.8, 4) is 5.75 Å². The Labute approximate surface area is 116 Å². The lowest BCUT2D eigenvalue weighted by Crippen LogP contribution is -2.18. The van der Waals surface area contributed by atoms with E-state index in [4.69, 9.17) is 4.74 Å². The van der Waals surface area contributed by atoms with Crippen molar-refractivity contribution in [1.29, 1.82) is 0 Å². The third-order valence-electron chi connectivity index (χ3n) is 4.60. The van der Waals surface area contributed by atoms with Crippen molar-refractivity contribution in [1.82, 2.24) is 5.32 Å². The van der Waals surface area contributed by atoms with Crippen LogP contribution in [0.1, 0.15) is 56.2 Å². The standard InChI is InChI=1S/C17H25NO/c1-2-18-17-10-7-14-11-15(8-9-16(14)17)19-12-13-5-3-4-6-13/h8-9,11,13,17-18H,2-7,10,12H2,1H3. The van der Waals surface area contributed by atoms with Gasteiger partial charge in [-0.2, -0.15) is 0 Å². The highest BCUT2D eigenvalue weighted by Crippen LogP contribution is 2.34. The van der Waals surface area contributed by atoms with E-state index in [0.29, 0.717) is 6.04 Å². The lowest BCUT2D eigenvalue weighted by atomic mass is 10.1. The van der Waals surface area contributed by atoms with Crippen molar-refractivity contribution >= 4 is 0 Å². The summed E-state index contributed by atoms with van der Waals surface area (Å²) >= 11 is 0. The van der Waals surface area contributed by atoms with Crippen LogP contribution >= 0.6 is 0 Å². The second-order valence-electron chi connectivity index (χ2n) is 5.97. The van der Waals surface area contributed by atoms with Gasteiger partial charge >= 0.3 is 0 Å². The summed E-state index contributed by atoms with van der Waals surface area (Å²) in [5.41, 5.74) is 2.96. The molecule has 19 heavy (non-hydrogen) atoms. The minimum absolute atomic E-state index is 0.559. The van der Waals surface area contributed by atoms with Crippen molar-refractivity contribution in [3.63, 3.8) is 0 Å². The molecule has 0 spiro atoms. The fourth-order valence-electron chi connectivity index (χ4n) is 3.53. The Morgan fingerprint density at radius 3 is 2.84 bits per heavy atom. The normalized spacial score (nSPS) is 22.7. The molecule has 3 rings (SSSR count). The van der Waals surface area contributed by atoms with Gasteiger partial charge in [-0.3, -0.25) is 0 Å². The number of fused-ring (bicyclic) bond motifs is 1. The van der Waals surface area contributed by atoms with Crippen LogP contribution in [0.2, 0.25) is 0 Å². The molecule has 0 bridgehead atoms. The van der Waals surface area contributed by atoms with E-state index in [1.807, 2.05) is 0 Å². The maximum absolute atomic E-state index is 5.99. The van der Waals surface area contributed by atoms with E-state index in [9.17, 15) is 0 Å². The molecule has 1 aromatic rings. The van der Waals surface area contributed by atoms with E-state index < -0.39 is 0 Å². The number of hydrogen-bond donors (Lipinski definition) is 1. The summed E-state index contributed by atoms with van der Waals surface area (Å²) in [4.78, 5) is 0. The van der Waals surface area contributed by atoms with Crippen molar-refractivity contribution in [2.24, 2.45) is 5.92 Å². The van der Waals surface area contributed by atoms with Gasteiger partial charge in [-0.25, -0.2) is 0 Å². The first-order valence-corrected chi connectivity index (χ1v) is 7.86. The molecule has 1 saturated carbocycles. The SMILES string of the molecule is CCNC1CCc2cc(OCC3CCCC3)ccc21. The number of rotatable bonds is 5. The average molecular weight is 259 g/mol. The van der Waals surface area contributed by atoms with E-state index in [1.165, 1.54) is 49.7 Å². The predicted octanol–water partition coefficient (Wildman–Crippen LogP) is 3.85. The van der Waals surface area contributed by atoms with Gasteiger partial charge < -0.3 is 10.1 Å². The largest absolute Gasteiger partial charge is 0.493 e. The molecule has 0 aromatic heterocycles. The highest BCUT2D eigenvalue weighted by atomic mass is 16.5. The van der Waals surface area contributed by atoms with E-state index >= 15 is 0 Å². The van der Waals surface area contributed by atoms with Gasteiger partial charge in [-0.15, -0.1) is 0 Å². The first-order valence-electron chi connectivity index (χ1n) is 7.86. The molecule has 2 heteroatoms. The highest BCUT2D eigenvalue weighted by molar-refractivity contribution is 5.40. The summed E-state index contributed by atoms with van der Waals surface area (Å²) in [6.45, 7) is 4.14. The number of aryl methyl sites for hydroxylation is 1. The zero-order valence-electron chi connectivity index (χ0n) is 12.0. The van der Waals surface area contributed by atoms with E-state index in [2.05, 4.69) is 30.4 Å². The Kier molecular flexibility index (Phi) is 4.07. The van der Waals surface area contributed by atoms with Gasteiger partial charge in [0.1, 0.15) is 5.75 Å². The number of ether oxygens (including phenoxy) is 1. The summed E-state index contributed by atoms with van der Waals surface area (Å²) in [5.74, 6) is 1.87. The van der Waals surface area contributed by atoms with Gasteiger partial charge in [0.15, 0.2) is 0 Å². The topological polar surface area (TPSA) is 21.3 Å². The Balaban J connectivity index is 1.62. The molecule has 0 saturated heterocycles. The van der Waals surface area contributed by atoms with Crippen LogP contribution in [0.4, 0.5) is 0 Å². The summed E-state index contributed by atoms with van der Waals surface area (Å²) in [6, 6.07) is 7.24. The van der Waals surface area contributed by atoms with Gasteiger partial charge in [-0.05, 0) is 61.4 Å². The molecule has 2 aliphatic carbocycles. The second kappa shape index (κ2) is 5.96. The molecule has 1 fully saturated rings. The van der Waals surface area contributed by atoms with Crippen LogP contribution < -0.4 is 10.1 Å². The maximum Gasteiger partial charge on any atom is 0.119 e. The Morgan fingerprint density at radius 1 is 1.21 bits per heavy atom. The molecule has 1 unspecified atom stereocenters. The van der Waals surface area contributed by atoms with Gasteiger partial charge in [0.25, 0.3) is 0 Å². The second-order valence-corrected chi connectivity index (χ2v) is 5.97. The average Bonchev–Trinajstić information content (AvgIpc) is 3.06. The molecular formula is C17H25NO. The zero-order valence-corrected chi connectivity index (χ0v) is 12.0. The molecule has 1 aromatic carbocycles. The Hall–Kier alpha value is -1.02. The Morgan fingerprint density at radius 2 is 2.05 bits per heavy atom. The first-order chi connectivity index (χ1) is 9.36. The van der Waals surface area contributed by atoms with Crippen molar-refractivity contribution < 1.29 is 4.74 Å². The predicted molar refractivity (Wildman–Crippen MR) is 78.6 cm³/mol. The minimum Gasteiger partial charge on any atom is -0.493 e. The summed E-state index contributed by atoms with van der Waals surface area (Å²) in [6.07, 6.45) is 7.91. The molecule has 2 aliphatic rings. The third kappa shape index (κ3) is 2.94. The van der Waals surface area contributed by atoms with E-state index in [-0.39, 0.29) is 0 Å². The van der Waals surface area contributed by atoms with Gasteiger partial charge in [0.2, 0.25) is 0 Å². The monoisotopic (exact) mass is 259 g/mol. The summed E-state index contributed by atoms with van der Waals surface area (Å²) in [5, 5.41) is 3.56. The van der Waals surface area contributed by atoms with Crippen LogP contribution in [0.15, 0.2) is 18.2 Å². The van der Waals surface area contributed by atoms with E-state index in [0.717, 1.165) is 24.8 Å². The molecular weight excluding hydrogens is 234 g/mol. The number of nitrogens with one attached hydrogen (secondary N) is 1. The maximum atomic E-state index is 5.99. The van der Waals surface area contributed by atoms with E-state index in [1.54, 1.807) is 0 Å². The fraction of sp³-hybridized carbons (Fsp3) is 0.647. The van der Waals surface area contributed by atoms with Crippen molar-refractivity contribution in [2.45, 2.75) is 51.5 Å². The summed E-state index contributed by atoms with van der Waals surface area (Å²) < 4.78 is 5.99. The molecule has 0 radical (unpaired) electrons. The molecule has 1 atom stereocenters. The molecule has 1 N–H and O–H groups in total. The number of benzene rings is 1. The highest BCUT2D eigenvalue weighted by Gasteiger charge is 2.22. The lowest BCUT2D eigenvalue weighted by molar-refractivity contribution is 0.252. The summed E-state index contributed by atoms with van der Waals surface area (Å²) in [7, 11) is 0. The van der Waals surface area contributed by atoms with Crippen LogP contribution in [0.3, 0.4) is 0 Å². The van der Waals surface area contributed by atoms with Gasteiger partial charge in [0.05, 0.1) is 6.61 Å². The molecule has 2 nitrogen and oxygen atoms in total. The lowest BCUT2D eigenvalue weighted by Gasteiger charge is -2.14. The first kappa shape index (κ1) is 13.0. The smallest absolute Gasteiger partial charge is 0.119 e. The third-order valence-corrected chi connectivity index (χ3v) is 4.60. The van der Waals surface area contributed by atoms with Crippen molar-refractivity contribution in [2.75, 3.05) is 13.2 Å². The Bertz CT molecular complexity index is 423. The van der Waals surface area contributed by atoms with Gasteiger partial charge in [-0.1, -0.05) is 25.8 Å². The van der Waals surface area contributed by atoms with Crippen LogP contribution in [0, 0.1) is 5.92 Å². The molecule has 0 aliphatic heterocycles. The van der Waals surface area contributed by atoms with Gasteiger partial charge in [0, 0.05) is 6.04 Å². The zero-order chi connectivity index (χ0) is 13.1. The van der Waals surface area contributed by atoms with Crippen LogP contribution in [-0.2, 0) is 6.42 Å². The quantitative estimate of drug-likeness (QED) is 0.867. The molecule has 0 amide bonds. The van der Waals surface area contributed by atoms with Crippen LogP contribution in [0.25, 0.3) is 0 Å². The van der Waals surface area contributed by atoms with Crippen LogP contribution in [0.5, 0.6) is 5.75 Å². The minimum atomic E-state index is 0.559.